The maximum absolute atomic E-state index is 5.66. The lowest BCUT2D eigenvalue weighted by molar-refractivity contribution is 0.0171. The van der Waals surface area contributed by atoms with E-state index in [1.54, 1.807) is 0 Å². The quantitative estimate of drug-likeness (QED) is 0.768. The van der Waals surface area contributed by atoms with Gasteiger partial charge in [0.25, 0.3) is 0 Å². The monoisotopic (exact) mass is 220 g/mol. The fraction of sp³-hybridized carbons (Fsp3) is 0.615. The molecule has 0 aromatic carbocycles. The predicted molar refractivity (Wildman–Crippen MR) is 64.4 cm³/mol. The van der Waals surface area contributed by atoms with Crippen molar-refractivity contribution in [1.82, 2.24) is 10.3 Å². The van der Waals surface area contributed by atoms with Crippen molar-refractivity contribution in [2.24, 2.45) is 0 Å². The molecule has 0 amide bonds. The zero-order chi connectivity index (χ0) is 11.1. The van der Waals surface area contributed by atoms with E-state index in [2.05, 4.69) is 22.4 Å². The SMILES string of the molecule is c1cc(CCNCC2CCCCO2)ccn1. The maximum atomic E-state index is 5.66. The number of pyridine rings is 1. The molecule has 1 fully saturated rings. The van der Waals surface area contributed by atoms with Gasteiger partial charge in [0.2, 0.25) is 0 Å². The summed E-state index contributed by atoms with van der Waals surface area (Å²) in [5.41, 5.74) is 1.34. The van der Waals surface area contributed by atoms with Gasteiger partial charge in [0, 0.05) is 25.5 Å². The number of rotatable bonds is 5. The highest BCUT2D eigenvalue weighted by Crippen LogP contribution is 2.11. The summed E-state index contributed by atoms with van der Waals surface area (Å²) in [6.45, 7) is 2.95. The van der Waals surface area contributed by atoms with Crippen molar-refractivity contribution in [3.05, 3.63) is 30.1 Å². The van der Waals surface area contributed by atoms with Gasteiger partial charge in [-0.05, 0) is 49.9 Å². The zero-order valence-electron chi connectivity index (χ0n) is 9.69. The summed E-state index contributed by atoms with van der Waals surface area (Å²) in [6.07, 6.45) is 8.95. The van der Waals surface area contributed by atoms with Gasteiger partial charge in [-0.3, -0.25) is 4.98 Å². The number of ether oxygens (including phenoxy) is 1. The summed E-state index contributed by atoms with van der Waals surface area (Å²) in [5.74, 6) is 0. The third kappa shape index (κ3) is 3.91. The van der Waals surface area contributed by atoms with Crippen molar-refractivity contribution >= 4 is 0 Å². The van der Waals surface area contributed by atoms with Gasteiger partial charge in [0.15, 0.2) is 0 Å². The molecule has 2 rings (SSSR count). The second kappa shape index (κ2) is 6.61. The van der Waals surface area contributed by atoms with Crippen molar-refractivity contribution in [2.45, 2.75) is 31.8 Å². The Balaban J connectivity index is 1.58. The lowest BCUT2D eigenvalue weighted by Crippen LogP contribution is -2.32. The molecule has 0 spiro atoms. The van der Waals surface area contributed by atoms with Crippen LogP contribution in [0.3, 0.4) is 0 Å². The van der Waals surface area contributed by atoms with E-state index in [1.807, 2.05) is 12.4 Å². The fourth-order valence-corrected chi connectivity index (χ4v) is 2.01. The summed E-state index contributed by atoms with van der Waals surface area (Å²) in [4.78, 5) is 4.01. The molecule has 0 bridgehead atoms. The molecule has 1 atom stereocenters. The molecular weight excluding hydrogens is 200 g/mol. The number of hydrogen-bond acceptors (Lipinski definition) is 3. The van der Waals surface area contributed by atoms with Crippen LogP contribution in [0.4, 0.5) is 0 Å². The lowest BCUT2D eigenvalue weighted by Gasteiger charge is -2.22. The van der Waals surface area contributed by atoms with E-state index in [0.29, 0.717) is 6.10 Å². The van der Waals surface area contributed by atoms with Crippen LogP contribution in [0.5, 0.6) is 0 Å². The first-order chi connectivity index (χ1) is 7.95. The maximum Gasteiger partial charge on any atom is 0.0699 e. The van der Waals surface area contributed by atoms with Gasteiger partial charge in [-0.15, -0.1) is 0 Å². The van der Waals surface area contributed by atoms with Gasteiger partial charge in [-0.2, -0.15) is 0 Å². The first-order valence-corrected chi connectivity index (χ1v) is 6.16. The largest absolute Gasteiger partial charge is 0.377 e. The molecule has 3 heteroatoms. The minimum absolute atomic E-state index is 0.436. The molecule has 2 heterocycles. The number of aromatic nitrogens is 1. The molecule has 1 aromatic rings. The van der Waals surface area contributed by atoms with Gasteiger partial charge in [0.1, 0.15) is 0 Å². The molecule has 0 saturated carbocycles. The highest BCUT2D eigenvalue weighted by molar-refractivity contribution is 5.09. The van der Waals surface area contributed by atoms with Crippen LogP contribution in [0, 0.1) is 0 Å². The van der Waals surface area contributed by atoms with Gasteiger partial charge in [-0.25, -0.2) is 0 Å². The van der Waals surface area contributed by atoms with E-state index in [4.69, 9.17) is 4.74 Å². The van der Waals surface area contributed by atoms with Crippen molar-refractivity contribution in [2.75, 3.05) is 19.7 Å². The summed E-state index contributed by atoms with van der Waals surface area (Å²) in [6, 6.07) is 4.14. The Kier molecular flexibility index (Phi) is 4.77. The van der Waals surface area contributed by atoms with Gasteiger partial charge < -0.3 is 10.1 Å². The summed E-state index contributed by atoms with van der Waals surface area (Å²) >= 11 is 0. The highest BCUT2D eigenvalue weighted by Gasteiger charge is 2.12. The molecule has 3 nitrogen and oxygen atoms in total. The second-order valence-electron chi connectivity index (χ2n) is 4.30. The van der Waals surface area contributed by atoms with E-state index >= 15 is 0 Å². The Bertz CT molecular complexity index is 283. The molecule has 1 saturated heterocycles. The summed E-state index contributed by atoms with van der Waals surface area (Å²) in [7, 11) is 0. The molecular formula is C13H20N2O. The molecule has 1 aliphatic heterocycles. The third-order valence-electron chi connectivity index (χ3n) is 2.99. The first kappa shape index (κ1) is 11.6. The van der Waals surface area contributed by atoms with Crippen LogP contribution in [0.25, 0.3) is 0 Å². The third-order valence-corrected chi connectivity index (χ3v) is 2.99. The van der Waals surface area contributed by atoms with Crippen LogP contribution in [-0.4, -0.2) is 30.8 Å². The zero-order valence-corrected chi connectivity index (χ0v) is 9.69. The van der Waals surface area contributed by atoms with Crippen LogP contribution in [-0.2, 0) is 11.2 Å². The number of hydrogen-bond donors (Lipinski definition) is 1. The number of nitrogens with one attached hydrogen (secondary N) is 1. The standard InChI is InChI=1S/C13H20N2O/c1-2-10-16-13(3-1)11-15-9-6-12-4-7-14-8-5-12/h4-5,7-8,13,15H,1-3,6,9-11H2. The summed E-state index contributed by atoms with van der Waals surface area (Å²) in [5, 5.41) is 3.46. The lowest BCUT2D eigenvalue weighted by atomic mass is 10.1. The Morgan fingerprint density at radius 3 is 2.94 bits per heavy atom. The smallest absolute Gasteiger partial charge is 0.0699 e. The second-order valence-corrected chi connectivity index (χ2v) is 4.30. The van der Waals surface area contributed by atoms with Gasteiger partial charge >= 0.3 is 0 Å². The van der Waals surface area contributed by atoms with Gasteiger partial charge in [-0.1, -0.05) is 0 Å². The van der Waals surface area contributed by atoms with Crippen LogP contribution < -0.4 is 5.32 Å². The van der Waals surface area contributed by atoms with Crippen LogP contribution in [0.2, 0.25) is 0 Å². The van der Waals surface area contributed by atoms with E-state index in [-0.39, 0.29) is 0 Å². The van der Waals surface area contributed by atoms with Crippen molar-refractivity contribution in [3.63, 3.8) is 0 Å². The molecule has 0 radical (unpaired) electrons. The Labute approximate surface area is 97.2 Å². The Morgan fingerprint density at radius 1 is 1.31 bits per heavy atom. The van der Waals surface area contributed by atoms with Crippen LogP contribution >= 0.6 is 0 Å². The van der Waals surface area contributed by atoms with E-state index in [0.717, 1.165) is 26.1 Å². The average molecular weight is 220 g/mol. The average Bonchev–Trinajstić information content (AvgIpc) is 2.37. The minimum atomic E-state index is 0.436. The van der Waals surface area contributed by atoms with Crippen molar-refractivity contribution in [1.29, 1.82) is 0 Å². The highest BCUT2D eigenvalue weighted by atomic mass is 16.5. The van der Waals surface area contributed by atoms with Crippen molar-refractivity contribution in [3.8, 4) is 0 Å². The van der Waals surface area contributed by atoms with Gasteiger partial charge in [0.05, 0.1) is 6.10 Å². The molecule has 1 aliphatic rings. The molecule has 1 unspecified atom stereocenters. The fourth-order valence-electron chi connectivity index (χ4n) is 2.01. The van der Waals surface area contributed by atoms with Crippen LogP contribution in [0.15, 0.2) is 24.5 Å². The minimum Gasteiger partial charge on any atom is -0.377 e. The molecule has 0 aliphatic carbocycles. The first-order valence-electron chi connectivity index (χ1n) is 6.16. The molecule has 1 N–H and O–H groups in total. The van der Waals surface area contributed by atoms with Crippen LogP contribution in [0.1, 0.15) is 24.8 Å². The van der Waals surface area contributed by atoms with E-state index < -0.39 is 0 Å². The normalized spacial score (nSPS) is 20.9. The molecule has 1 aromatic heterocycles. The Hall–Kier alpha value is -0.930. The topological polar surface area (TPSA) is 34.1 Å². The Morgan fingerprint density at radius 2 is 2.19 bits per heavy atom. The van der Waals surface area contributed by atoms with E-state index in [1.165, 1.54) is 24.8 Å². The molecule has 88 valence electrons. The molecule has 16 heavy (non-hydrogen) atoms. The number of nitrogens with zero attached hydrogens (tertiary/aromatic N) is 1. The van der Waals surface area contributed by atoms with Crippen molar-refractivity contribution < 1.29 is 4.74 Å². The predicted octanol–water partition coefficient (Wildman–Crippen LogP) is 1.78. The summed E-state index contributed by atoms with van der Waals surface area (Å²) < 4.78 is 5.66. The van der Waals surface area contributed by atoms with E-state index in [9.17, 15) is 0 Å².